The Kier molecular flexibility index (Phi) is 6.11. The van der Waals surface area contributed by atoms with Crippen LogP contribution in [0.3, 0.4) is 0 Å². The van der Waals surface area contributed by atoms with Crippen molar-refractivity contribution in [3.8, 4) is 0 Å². The summed E-state index contributed by atoms with van der Waals surface area (Å²) in [5.74, 6) is 1.14. The molecule has 0 unspecified atom stereocenters. The van der Waals surface area contributed by atoms with Gasteiger partial charge in [0, 0.05) is 76.6 Å². The van der Waals surface area contributed by atoms with Crippen LogP contribution in [0.4, 0.5) is 0 Å². The van der Waals surface area contributed by atoms with Crippen molar-refractivity contribution in [2.75, 3.05) is 39.3 Å². The number of imidazole rings is 1. The quantitative estimate of drug-likeness (QED) is 0.761. The zero-order valence-corrected chi connectivity index (χ0v) is 17.1. The lowest BCUT2D eigenvalue weighted by Gasteiger charge is -2.34. The van der Waals surface area contributed by atoms with Crippen molar-refractivity contribution in [1.82, 2.24) is 29.1 Å². The maximum atomic E-state index is 12.1. The Morgan fingerprint density at radius 2 is 1.67 bits per heavy atom. The van der Waals surface area contributed by atoms with E-state index in [9.17, 15) is 4.79 Å². The van der Waals surface area contributed by atoms with Gasteiger partial charge < -0.3 is 9.47 Å². The van der Waals surface area contributed by atoms with Crippen LogP contribution in [-0.4, -0.2) is 68.4 Å². The number of aryl methyl sites for hydroxylation is 1. The molecule has 0 atom stereocenters. The summed E-state index contributed by atoms with van der Waals surface area (Å²) < 4.78 is 3.71. The Bertz CT molecular complexity index is 795. The molecule has 3 heterocycles. The lowest BCUT2D eigenvalue weighted by atomic mass is 9.92. The van der Waals surface area contributed by atoms with E-state index in [-0.39, 0.29) is 11.0 Å². The predicted molar refractivity (Wildman–Crippen MR) is 107 cm³/mol. The van der Waals surface area contributed by atoms with Gasteiger partial charge in [-0.05, 0) is 6.07 Å². The van der Waals surface area contributed by atoms with Gasteiger partial charge in [-0.2, -0.15) is 5.10 Å². The standard InChI is InChI=1S/C20H32N6O/c1-20(2,3)17-5-6-19(27)26(22-17)16-15-25-13-11-24(12-14-25)9-7-18-21-8-10-23(18)4/h5-6,8,10H,7,9,11-16H2,1-4H3. The van der Waals surface area contributed by atoms with Gasteiger partial charge in [-0.3, -0.25) is 9.69 Å². The Hall–Kier alpha value is -1.99. The molecule has 2 aromatic rings. The van der Waals surface area contributed by atoms with Crippen LogP contribution in [-0.2, 0) is 25.4 Å². The van der Waals surface area contributed by atoms with Gasteiger partial charge in [0.15, 0.2) is 0 Å². The summed E-state index contributed by atoms with van der Waals surface area (Å²) in [5, 5.41) is 4.57. The van der Waals surface area contributed by atoms with E-state index in [1.807, 2.05) is 25.5 Å². The van der Waals surface area contributed by atoms with E-state index < -0.39 is 0 Å². The third-order valence-corrected chi connectivity index (χ3v) is 5.30. The molecular weight excluding hydrogens is 340 g/mol. The highest BCUT2D eigenvalue weighted by Gasteiger charge is 2.19. The summed E-state index contributed by atoms with van der Waals surface area (Å²) in [7, 11) is 2.05. The van der Waals surface area contributed by atoms with Crippen LogP contribution in [0.15, 0.2) is 29.3 Å². The smallest absolute Gasteiger partial charge is 0.266 e. The lowest BCUT2D eigenvalue weighted by Crippen LogP contribution is -2.48. The van der Waals surface area contributed by atoms with Crippen LogP contribution in [0.25, 0.3) is 0 Å². The topological polar surface area (TPSA) is 59.2 Å². The van der Waals surface area contributed by atoms with Crippen molar-refractivity contribution in [2.45, 2.75) is 39.2 Å². The van der Waals surface area contributed by atoms with Gasteiger partial charge in [0.05, 0.1) is 12.2 Å². The molecule has 1 saturated heterocycles. The van der Waals surface area contributed by atoms with Gasteiger partial charge >= 0.3 is 0 Å². The second-order valence-corrected chi connectivity index (χ2v) is 8.42. The first-order chi connectivity index (χ1) is 12.8. The molecule has 0 saturated carbocycles. The normalized spacial score (nSPS) is 16.7. The van der Waals surface area contributed by atoms with Crippen LogP contribution in [0.2, 0.25) is 0 Å². The minimum absolute atomic E-state index is 0.0169. The van der Waals surface area contributed by atoms with Crippen LogP contribution in [0.5, 0.6) is 0 Å². The highest BCUT2D eigenvalue weighted by atomic mass is 16.1. The number of hydrogen-bond donors (Lipinski definition) is 0. The Morgan fingerprint density at radius 3 is 2.26 bits per heavy atom. The average molecular weight is 373 g/mol. The first kappa shape index (κ1) is 19.8. The van der Waals surface area contributed by atoms with Gasteiger partial charge in [0.2, 0.25) is 0 Å². The lowest BCUT2D eigenvalue weighted by molar-refractivity contribution is 0.128. The monoisotopic (exact) mass is 372 g/mol. The van der Waals surface area contributed by atoms with Crippen LogP contribution >= 0.6 is 0 Å². The molecular formula is C20H32N6O. The Morgan fingerprint density at radius 1 is 1.00 bits per heavy atom. The molecule has 148 valence electrons. The van der Waals surface area contributed by atoms with Crippen molar-refractivity contribution in [3.05, 3.63) is 46.4 Å². The van der Waals surface area contributed by atoms with Crippen molar-refractivity contribution in [1.29, 1.82) is 0 Å². The molecule has 0 N–H and O–H groups in total. The summed E-state index contributed by atoms with van der Waals surface area (Å²) in [5.41, 5.74) is 0.895. The summed E-state index contributed by atoms with van der Waals surface area (Å²) in [6.07, 6.45) is 4.85. The van der Waals surface area contributed by atoms with Gasteiger partial charge in [0.25, 0.3) is 5.56 Å². The molecule has 27 heavy (non-hydrogen) atoms. The second-order valence-electron chi connectivity index (χ2n) is 8.42. The number of hydrogen-bond acceptors (Lipinski definition) is 5. The average Bonchev–Trinajstić information content (AvgIpc) is 3.04. The minimum atomic E-state index is -0.0473. The van der Waals surface area contributed by atoms with E-state index in [1.165, 1.54) is 0 Å². The van der Waals surface area contributed by atoms with Crippen LogP contribution < -0.4 is 5.56 Å². The van der Waals surface area contributed by atoms with Crippen molar-refractivity contribution in [3.63, 3.8) is 0 Å². The number of piperazine rings is 1. The van der Waals surface area contributed by atoms with Crippen molar-refractivity contribution in [2.24, 2.45) is 7.05 Å². The van der Waals surface area contributed by atoms with E-state index in [0.717, 1.165) is 57.2 Å². The Balaban J connectivity index is 1.46. The zero-order valence-electron chi connectivity index (χ0n) is 17.1. The molecule has 0 spiro atoms. The summed E-state index contributed by atoms with van der Waals surface area (Å²) >= 11 is 0. The molecule has 7 heteroatoms. The molecule has 0 aromatic carbocycles. The molecule has 7 nitrogen and oxygen atoms in total. The fraction of sp³-hybridized carbons (Fsp3) is 0.650. The molecule has 1 aliphatic rings. The summed E-state index contributed by atoms with van der Waals surface area (Å²) in [6.45, 7) is 13.1. The van der Waals surface area contributed by atoms with Crippen LogP contribution in [0, 0.1) is 0 Å². The highest BCUT2D eigenvalue weighted by Crippen LogP contribution is 2.18. The van der Waals surface area contributed by atoms with E-state index in [1.54, 1.807) is 10.7 Å². The molecule has 0 bridgehead atoms. The minimum Gasteiger partial charge on any atom is -0.338 e. The molecule has 0 aliphatic carbocycles. The maximum Gasteiger partial charge on any atom is 0.266 e. The second kappa shape index (κ2) is 8.35. The van der Waals surface area contributed by atoms with E-state index in [0.29, 0.717) is 6.54 Å². The van der Waals surface area contributed by atoms with Crippen molar-refractivity contribution >= 4 is 0 Å². The fourth-order valence-corrected chi connectivity index (χ4v) is 3.38. The van der Waals surface area contributed by atoms with E-state index in [4.69, 9.17) is 0 Å². The molecule has 0 radical (unpaired) electrons. The third kappa shape index (κ3) is 5.26. The predicted octanol–water partition coefficient (Wildman–Crippen LogP) is 1.13. The number of aromatic nitrogens is 4. The SMILES string of the molecule is Cn1ccnc1CCN1CCN(CCn2nc(C(C)(C)C)ccc2=O)CC1. The molecule has 1 aliphatic heterocycles. The van der Waals surface area contributed by atoms with E-state index in [2.05, 4.69) is 45.2 Å². The largest absolute Gasteiger partial charge is 0.338 e. The van der Waals surface area contributed by atoms with Gasteiger partial charge in [-0.25, -0.2) is 9.67 Å². The number of rotatable bonds is 6. The Labute approximate surface area is 161 Å². The summed E-state index contributed by atoms with van der Waals surface area (Å²) in [6, 6.07) is 3.49. The first-order valence-corrected chi connectivity index (χ1v) is 9.82. The maximum absolute atomic E-state index is 12.1. The molecule has 3 rings (SSSR count). The van der Waals surface area contributed by atoms with Gasteiger partial charge in [-0.1, -0.05) is 20.8 Å². The first-order valence-electron chi connectivity index (χ1n) is 9.82. The molecule has 2 aromatic heterocycles. The van der Waals surface area contributed by atoms with Crippen molar-refractivity contribution < 1.29 is 0 Å². The zero-order chi connectivity index (χ0) is 19.4. The summed E-state index contributed by atoms with van der Waals surface area (Å²) in [4.78, 5) is 21.4. The van der Waals surface area contributed by atoms with Crippen LogP contribution in [0.1, 0.15) is 32.3 Å². The fourth-order valence-electron chi connectivity index (χ4n) is 3.38. The number of nitrogens with zero attached hydrogens (tertiary/aromatic N) is 6. The van der Waals surface area contributed by atoms with Gasteiger partial charge in [0.1, 0.15) is 5.82 Å². The van der Waals surface area contributed by atoms with Gasteiger partial charge in [-0.15, -0.1) is 0 Å². The van der Waals surface area contributed by atoms with E-state index >= 15 is 0 Å². The highest BCUT2D eigenvalue weighted by molar-refractivity contribution is 5.10. The molecule has 0 amide bonds. The third-order valence-electron chi connectivity index (χ3n) is 5.30. The molecule has 1 fully saturated rings.